The van der Waals surface area contributed by atoms with Crippen molar-refractivity contribution in [3.8, 4) is 0 Å². The fraction of sp³-hybridized carbons (Fsp3) is 0.0714. The smallest absolute Gasteiger partial charge is 0.258 e. The highest BCUT2D eigenvalue weighted by Crippen LogP contribution is 2.29. The fourth-order valence-electron chi connectivity index (χ4n) is 3.92. The largest absolute Gasteiger partial charge is 0.342 e. The third-order valence-corrected chi connectivity index (χ3v) is 6.54. The van der Waals surface area contributed by atoms with Gasteiger partial charge in [0.05, 0.1) is 12.1 Å². The molecule has 1 amide bonds. The summed E-state index contributed by atoms with van der Waals surface area (Å²) in [7, 11) is 0. The molecule has 0 atom stereocenters. The van der Waals surface area contributed by atoms with Gasteiger partial charge in [0.15, 0.2) is 0 Å². The summed E-state index contributed by atoms with van der Waals surface area (Å²) in [5.41, 5.74) is 4.84. The number of para-hydroxylation sites is 2. The molecule has 0 aliphatic rings. The molecule has 5 aromatic rings. The minimum absolute atomic E-state index is 0.190. The highest BCUT2D eigenvalue weighted by Gasteiger charge is 2.14. The zero-order valence-corrected chi connectivity index (χ0v) is 19.4. The number of aliphatic imine (C=N–C) groups is 1. The van der Waals surface area contributed by atoms with Crippen LogP contribution in [-0.4, -0.2) is 16.7 Å². The number of hydrogen-bond acceptors (Lipinski definition) is 3. The number of rotatable bonds is 6. The van der Waals surface area contributed by atoms with Crippen LogP contribution in [0.2, 0.25) is 0 Å². The molecule has 4 nitrogen and oxygen atoms in total. The maximum absolute atomic E-state index is 14.2. The van der Waals surface area contributed by atoms with E-state index >= 15 is 0 Å². The van der Waals surface area contributed by atoms with Gasteiger partial charge in [0.1, 0.15) is 10.8 Å². The van der Waals surface area contributed by atoms with Crippen molar-refractivity contribution in [2.24, 2.45) is 4.99 Å². The molecule has 2 aromatic heterocycles. The van der Waals surface area contributed by atoms with Gasteiger partial charge in [-0.1, -0.05) is 54.6 Å². The summed E-state index contributed by atoms with van der Waals surface area (Å²) in [5, 5.41) is 6.49. The Balaban J connectivity index is 1.44. The first-order valence-electron chi connectivity index (χ1n) is 10.9. The van der Waals surface area contributed by atoms with Gasteiger partial charge in [-0.2, -0.15) is 0 Å². The highest BCUT2D eigenvalue weighted by atomic mass is 32.1. The first-order valence-corrected chi connectivity index (χ1v) is 11.8. The van der Waals surface area contributed by atoms with Crippen LogP contribution in [-0.2, 0) is 6.54 Å². The van der Waals surface area contributed by atoms with Crippen LogP contribution < -0.4 is 5.32 Å². The van der Waals surface area contributed by atoms with Gasteiger partial charge in [-0.3, -0.25) is 4.79 Å². The van der Waals surface area contributed by atoms with Crippen LogP contribution in [0.5, 0.6) is 0 Å². The van der Waals surface area contributed by atoms with Gasteiger partial charge in [0.2, 0.25) is 0 Å². The third kappa shape index (κ3) is 4.40. The van der Waals surface area contributed by atoms with Crippen molar-refractivity contribution in [2.45, 2.75) is 13.5 Å². The lowest BCUT2D eigenvalue weighted by Gasteiger charge is -2.07. The topological polar surface area (TPSA) is 46.4 Å². The molecule has 0 aliphatic carbocycles. The van der Waals surface area contributed by atoms with Crippen LogP contribution >= 0.6 is 11.3 Å². The third-order valence-electron chi connectivity index (χ3n) is 5.72. The lowest BCUT2D eigenvalue weighted by Crippen LogP contribution is -2.11. The number of anilines is 1. The van der Waals surface area contributed by atoms with Crippen molar-refractivity contribution < 1.29 is 9.18 Å². The minimum atomic E-state index is -0.224. The predicted molar refractivity (Wildman–Crippen MR) is 138 cm³/mol. The molecule has 168 valence electrons. The number of carbonyl (C=O) groups is 1. The van der Waals surface area contributed by atoms with Crippen molar-refractivity contribution in [1.82, 2.24) is 4.57 Å². The van der Waals surface area contributed by atoms with Crippen LogP contribution in [0, 0.1) is 12.7 Å². The molecule has 0 unspecified atom stereocenters. The Morgan fingerprint density at radius 2 is 1.79 bits per heavy atom. The summed E-state index contributed by atoms with van der Waals surface area (Å²) < 4.78 is 16.3. The van der Waals surface area contributed by atoms with Crippen LogP contribution in [0.15, 0.2) is 95.4 Å². The Kier molecular flexibility index (Phi) is 6.06. The molecule has 34 heavy (non-hydrogen) atoms. The van der Waals surface area contributed by atoms with E-state index in [0.717, 1.165) is 27.7 Å². The number of nitrogens with zero attached hydrogens (tertiary/aromatic N) is 2. The van der Waals surface area contributed by atoms with Crippen LogP contribution in [0.25, 0.3) is 10.9 Å². The number of benzene rings is 3. The van der Waals surface area contributed by atoms with E-state index in [-0.39, 0.29) is 11.7 Å². The molecule has 5 rings (SSSR count). The van der Waals surface area contributed by atoms with Crippen molar-refractivity contribution in [3.63, 3.8) is 0 Å². The standard InChI is InChI=1S/C28H22FN3OS/c1-19-8-2-6-12-25(19)31-27(33)23-14-15-34-28(23)30-16-21-18-32(26-13-7-4-10-22(21)26)17-20-9-3-5-11-24(20)29/h2-16,18H,17H2,1H3,(H,31,33)/b30-16+. The first-order chi connectivity index (χ1) is 16.6. The maximum atomic E-state index is 14.2. The Bertz CT molecular complexity index is 1520. The Labute approximate surface area is 201 Å². The van der Waals surface area contributed by atoms with E-state index in [4.69, 9.17) is 0 Å². The molecule has 1 N–H and O–H groups in total. The average molecular weight is 468 g/mol. The molecule has 0 aliphatic heterocycles. The van der Waals surface area contributed by atoms with Gasteiger partial charge in [0, 0.05) is 40.1 Å². The lowest BCUT2D eigenvalue weighted by atomic mass is 10.2. The van der Waals surface area contributed by atoms with Gasteiger partial charge < -0.3 is 9.88 Å². The molecular weight excluding hydrogens is 445 g/mol. The van der Waals surface area contributed by atoms with Gasteiger partial charge >= 0.3 is 0 Å². The normalized spacial score (nSPS) is 11.4. The number of fused-ring (bicyclic) bond motifs is 1. The molecule has 0 radical (unpaired) electrons. The second kappa shape index (κ2) is 9.45. The number of nitrogens with one attached hydrogen (secondary N) is 1. The average Bonchev–Trinajstić information content (AvgIpc) is 3.46. The fourth-order valence-corrected chi connectivity index (χ4v) is 4.66. The molecule has 2 heterocycles. The Morgan fingerprint density at radius 1 is 1.03 bits per heavy atom. The molecule has 3 aromatic carbocycles. The molecular formula is C28H22FN3OS. The molecule has 0 fully saturated rings. The highest BCUT2D eigenvalue weighted by molar-refractivity contribution is 7.14. The number of amides is 1. The monoisotopic (exact) mass is 467 g/mol. The Morgan fingerprint density at radius 3 is 2.65 bits per heavy atom. The van der Waals surface area contributed by atoms with E-state index in [1.54, 1.807) is 24.4 Å². The van der Waals surface area contributed by atoms with E-state index in [1.165, 1.54) is 17.4 Å². The quantitative estimate of drug-likeness (QED) is 0.264. The van der Waals surface area contributed by atoms with Crippen LogP contribution in [0.3, 0.4) is 0 Å². The van der Waals surface area contributed by atoms with Gasteiger partial charge in [-0.05, 0) is 42.1 Å². The zero-order chi connectivity index (χ0) is 23.5. The van der Waals surface area contributed by atoms with Crippen LogP contribution in [0.4, 0.5) is 15.1 Å². The number of thiophene rings is 1. The molecule has 0 bridgehead atoms. The van der Waals surface area contributed by atoms with Crippen LogP contribution in [0.1, 0.15) is 27.0 Å². The number of hydrogen-bond donors (Lipinski definition) is 1. The Hall–Kier alpha value is -4.03. The second-order valence-corrected chi connectivity index (χ2v) is 8.88. The molecule has 0 spiro atoms. The number of aromatic nitrogens is 1. The van der Waals surface area contributed by atoms with E-state index in [1.807, 2.05) is 77.7 Å². The van der Waals surface area contributed by atoms with Crippen molar-refractivity contribution in [2.75, 3.05) is 5.32 Å². The summed E-state index contributed by atoms with van der Waals surface area (Å²) in [6.45, 7) is 2.38. The lowest BCUT2D eigenvalue weighted by molar-refractivity contribution is 0.102. The van der Waals surface area contributed by atoms with E-state index < -0.39 is 0 Å². The molecule has 0 saturated heterocycles. The van der Waals surface area contributed by atoms with E-state index in [9.17, 15) is 9.18 Å². The summed E-state index contributed by atoms with van der Waals surface area (Å²) in [5.74, 6) is -0.414. The SMILES string of the molecule is Cc1ccccc1NC(=O)c1ccsc1/N=C/c1cn(Cc2ccccc2F)c2ccccc12. The summed E-state index contributed by atoms with van der Waals surface area (Å²) in [6, 6.07) is 24.2. The van der Waals surface area contributed by atoms with E-state index in [2.05, 4.69) is 10.3 Å². The van der Waals surface area contributed by atoms with Gasteiger partial charge in [-0.15, -0.1) is 11.3 Å². The summed E-state index contributed by atoms with van der Waals surface area (Å²) in [4.78, 5) is 17.5. The molecule has 0 saturated carbocycles. The van der Waals surface area contributed by atoms with Crippen molar-refractivity contribution in [1.29, 1.82) is 0 Å². The summed E-state index contributed by atoms with van der Waals surface area (Å²) in [6.07, 6.45) is 3.75. The number of carbonyl (C=O) groups excluding carboxylic acids is 1. The number of halogens is 1. The zero-order valence-electron chi connectivity index (χ0n) is 18.5. The maximum Gasteiger partial charge on any atom is 0.258 e. The van der Waals surface area contributed by atoms with Crippen molar-refractivity contribution in [3.05, 3.63) is 119 Å². The van der Waals surface area contributed by atoms with E-state index in [0.29, 0.717) is 22.7 Å². The first kappa shape index (κ1) is 21.8. The van der Waals surface area contributed by atoms with Gasteiger partial charge in [0.25, 0.3) is 5.91 Å². The predicted octanol–water partition coefficient (Wildman–Crippen LogP) is 7.20. The number of aryl methyl sites for hydroxylation is 1. The minimum Gasteiger partial charge on any atom is -0.342 e. The second-order valence-electron chi connectivity index (χ2n) is 7.99. The molecule has 6 heteroatoms. The summed E-state index contributed by atoms with van der Waals surface area (Å²) >= 11 is 1.41. The van der Waals surface area contributed by atoms with Gasteiger partial charge in [-0.25, -0.2) is 9.38 Å². The van der Waals surface area contributed by atoms with Crippen molar-refractivity contribution >= 4 is 45.0 Å².